The van der Waals surface area contributed by atoms with Crippen molar-refractivity contribution in [3.8, 4) is 5.75 Å². The molecule has 0 fully saturated rings. The molecule has 3 heterocycles. The summed E-state index contributed by atoms with van der Waals surface area (Å²) >= 11 is 11.0. The average Bonchev–Trinajstić information content (AvgIpc) is 2.88. The number of halogens is 2. The fourth-order valence-electron chi connectivity index (χ4n) is 3.23. The molecule has 24 heavy (non-hydrogen) atoms. The number of hydrogen-bond donors (Lipinski definition) is 3. The Balaban J connectivity index is 1.77. The first kappa shape index (κ1) is 16.2. The van der Waals surface area contributed by atoms with E-state index in [0.29, 0.717) is 20.6 Å². The fourth-order valence-corrected chi connectivity index (χ4v) is 5.44. The highest BCUT2D eigenvalue weighted by Gasteiger charge is 2.30. The van der Waals surface area contributed by atoms with Gasteiger partial charge in [0.15, 0.2) is 0 Å². The third-order valence-electron chi connectivity index (χ3n) is 4.44. The minimum absolute atomic E-state index is 0.0439. The number of nitrogens with zero attached hydrogens (tertiary/aromatic N) is 1. The number of fused-ring (bicyclic) bond motifs is 3. The van der Waals surface area contributed by atoms with Crippen LogP contribution in [0.4, 0.5) is 5.00 Å². The van der Waals surface area contributed by atoms with Crippen LogP contribution in [0.2, 0.25) is 5.02 Å². The van der Waals surface area contributed by atoms with Crippen LogP contribution in [0.1, 0.15) is 27.7 Å². The third-order valence-corrected chi connectivity index (χ3v) is 6.42. The van der Waals surface area contributed by atoms with E-state index in [1.807, 2.05) is 0 Å². The summed E-state index contributed by atoms with van der Waals surface area (Å²) in [6.07, 6.45) is 0.263. The zero-order valence-electron chi connectivity index (χ0n) is 12.8. The first-order chi connectivity index (χ1) is 11.4. The predicted molar refractivity (Wildman–Crippen MR) is 97.2 cm³/mol. The van der Waals surface area contributed by atoms with Crippen LogP contribution in [0, 0.1) is 0 Å². The maximum atomic E-state index is 12.6. The van der Waals surface area contributed by atoms with Gasteiger partial charge in [0.25, 0.3) is 0 Å². The van der Waals surface area contributed by atoms with Gasteiger partial charge in [-0.25, -0.2) is 0 Å². The van der Waals surface area contributed by atoms with Crippen molar-refractivity contribution in [1.82, 2.24) is 0 Å². The van der Waals surface area contributed by atoms with E-state index in [0.717, 1.165) is 30.1 Å². The van der Waals surface area contributed by atoms with Crippen molar-refractivity contribution >= 4 is 49.8 Å². The van der Waals surface area contributed by atoms with Crippen LogP contribution in [-0.2, 0) is 13.0 Å². The number of aromatic hydroxyl groups is 1. The Morgan fingerprint density at radius 3 is 3.08 bits per heavy atom. The van der Waals surface area contributed by atoms with E-state index in [1.165, 1.54) is 9.78 Å². The van der Waals surface area contributed by atoms with E-state index in [1.54, 1.807) is 23.5 Å². The van der Waals surface area contributed by atoms with Crippen LogP contribution >= 0.6 is 38.9 Å². The van der Waals surface area contributed by atoms with Crippen LogP contribution < -0.4 is 15.3 Å². The lowest BCUT2D eigenvalue weighted by Crippen LogP contribution is -3.08. The minimum Gasteiger partial charge on any atom is -0.858 e. The second-order valence-corrected chi connectivity index (χ2v) is 8.54. The van der Waals surface area contributed by atoms with Gasteiger partial charge < -0.3 is 20.4 Å². The molecule has 0 saturated heterocycles. The molecule has 5 nitrogen and oxygen atoms in total. The molecule has 2 aromatic rings. The van der Waals surface area contributed by atoms with Crippen LogP contribution in [-0.4, -0.2) is 24.6 Å². The SMILES string of the molecule is C[NH+]1CCc2c(sc3c2C([O-])=NC(c2cc(Cl)cc(Br)c2O)N3)C1. The predicted octanol–water partition coefficient (Wildman–Crippen LogP) is 1.67. The van der Waals surface area contributed by atoms with Gasteiger partial charge in [0.2, 0.25) is 0 Å². The van der Waals surface area contributed by atoms with Crippen LogP contribution in [0.25, 0.3) is 0 Å². The molecule has 2 aliphatic rings. The Morgan fingerprint density at radius 2 is 2.29 bits per heavy atom. The molecule has 0 radical (unpaired) electrons. The molecule has 0 saturated carbocycles. The smallest absolute Gasteiger partial charge is 0.148 e. The minimum atomic E-state index is -0.634. The summed E-state index contributed by atoms with van der Waals surface area (Å²) in [7, 11) is 2.16. The zero-order chi connectivity index (χ0) is 17.0. The Labute approximate surface area is 156 Å². The summed E-state index contributed by atoms with van der Waals surface area (Å²) in [6.45, 7) is 1.95. The first-order valence-corrected chi connectivity index (χ1v) is 9.58. The van der Waals surface area contributed by atoms with Gasteiger partial charge in [-0.3, -0.25) is 4.99 Å². The highest BCUT2D eigenvalue weighted by atomic mass is 79.9. The molecule has 2 unspecified atom stereocenters. The molecule has 0 aliphatic carbocycles. The van der Waals surface area contributed by atoms with Crippen molar-refractivity contribution in [1.29, 1.82) is 0 Å². The molecule has 1 aromatic carbocycles. The van der Waals surface area contributed by atoms with Gasteiger partial charge in [-0.15, -0.1) is 11.3 Å². The van der Waals surface area contributed by atoms with Gasteiger partial charge in [-0.05, 0) is 39.5 Å². The summed E-state index contributed by atoms with van der Waals surface area (Å²) in [5, 5.41) is 27.5. The van der Waals surface area contributed by atoms with E-state index >= 15 is 0 Å². The Morgan fingerprint density at radius 1 is 1.50 bits per heavy atom. The number of likely N-dealkylation sites (N-methyl/N-ethyl adjacent to an activating group) is 1. The van der Waals surface area contributed by atoms with E-state index in [-0.39, 0.29) is 11.6 Å². The number of aliphatic imine (C=N–C) groups is 1. The maximum Gasteiger partial charge on any atom is 0.148 e. The summed E-state index contributed by atoms with van der Waals surface area (Å²) in [6, 6.07) is 3.24. The molecular weight excluding hydrogens is 414 g/mol. The zero-order valence-corrected chi connectivity index (χ0v) is 16.0. The molecule has 0 amide bonds. The average molecular weight is 429 g/mol. The highest BCUT2D eigenvalue weighted by molar-refractivity contribution is 9.10. The van der Waals surface area contributed by atoms with E-state index in [9.17, 15) is 10.2 Å². The standard InChI is InChI=1S/C16H15BrClN3O2S/c1-21-3-2-8-11(6-21)24-16-12(8)15(23)19-14(20-16)9-4-7(18)5-10(17)13(9)22/h4-5,14,20,22H,2-3,6H2,1H3,(H,19,23). The van der Waals surface area contributed by atoms with Gasteiger partial charge in [0, 0.05) is 22.6 Å². The Bertz CT molecular complexity index is 867. The van der Waals surface area contributed by atoms with Crippen molar-refractivity contribution in [2.24, 2.45) is 4.99 Å². The highest BCUT2D eigenvalue weighted by Crippen LogP contribution is 2.43. The first-order valence-electron chi connectivity index (χ1n) is 7.59. The molecule has 0 bridgehead atoms. The molecule has 4 rings (SSSR count). The number of anilines is 1. The summed E-state index contributed by atoms with van der Waals surface area (Å²) in [5.41, 5.74) is 2.33. The van der Waals surface area contributed by atoms with E-state index in [2.05, 4.69) is 33.3 Å². The van der Waals surface area contributed by atoms with Gasteiger partial charge in [-0.2, -0.15) is 0 Å². The van der Waals surface area contributed by atoms with Crippen molar-refractivity contribution in [3.63, 3.8) is 0 Å². The maximum absolute atomic E-state index is 12.6. The van der Waals surface area contributed by atoms with Gasteiger partial charge in [0.05, 0.1) is 27.9 Å². The lowest BCUT2D eigenvalue weighted by molar-refractivity contribution is -0.895. The number of quaternary nitrogens is 1. The number of thiophene rings is 1. The number of hydrogen-bond acceptors (Lipinski definition) is 5. The van der Waals surface area contributed by atoms with Crippen LogP contribution in [0.3, 0.4) is 0 Å². The summed E-state index contributed by atoms with van der Waals surface area (Å²) in [4.78, 5) is 6.94. The molecule has 126 valence electrons. The number of phenolic OH excluding ortho intramolecular Hbond substituents is 1. The molecule has 3 N–H and O–H groups in total. The summed E-state index contributed by atoms with van der Waals surface area (Å²) in [5.74, 6) is -0.177. The Hall–Kier alpha value is -1.28. The lowest BCUT2D eigenvalue weighted by Gasteiger charge is -2.28. The Kier molecular flexibility index (Phi) is 3.99. The van der Waals surface area contributed by atoms with Crippen molar-refractivity contribution in [2.45, 2.75) is 19.1 Å². The fraction of sp³-hybridized carbons (Fsp3) is 0.312. The summed E-state index contributed by atoms with van der Waals surface area (Å²) < 4.78 is 0.482. The van der Waals surface area contributed by atoms with Crippen molar-refractivity contribution < 1.29 is 15.1 Å². The second kappa shape index (κ2) is 5.91. The third kappa shape index (κ3) is 2.60. The topological polar surface area (TPSA) is 72.1 Å². The monoisotopic (exact) mass is 427 g/mol. The second-order valence-electron chi connectivity index (χ2n) is 6.15. The van der Waals surface area contributed by atoms with E-state index < -0.39 is 6.17 Å². The largest absolute Gasteiger partial charge is 0.858 e. The molecular formula is C16H15BrClN3O2S. The van der Waals surface area contributed by atoms with E-state index in [4.69, 9.17) is 11.6 Å². The molecule has 2 aliphatic heterocycles. The molecule has 1 aromatic heterocycles. The number of phenols is 1. The van der Waals surface area contributed by atoms with Crippen molar-refractivity contribution in [2.75, 3.05) is 18.9 Å². The number of nitrogens with one attached hydrogen (secondary N) is 2. The van der Waals surface area contributed by atoms with Crippen LogP contribution in [0.5, 0.6) is 5.75 Å². The van der Waals surface area contributed by atoms with Gasteiger partial charge >= 0.3 is 0 Å². The lowest BCUT2D eigenvalue weighted by atomic mass is 10.0. The van der Waals surface area contributed by atoms with Crippen molar-refractivity contribution in [3.05, 3.63) is 43.2 Å². The molecule has 0 spiro atoms. The molecule has 8 heteroatoms. The number of rotatable bonds is 1. The van der Waals surface area contributed by atoms with Crippen LogP contribution in [0.15, 0.2) is 21.6 Å². The quantitative estimate of drug-likeness (QED) is 0.647. The molecule has 2 atom stereocenters. The van der Waals surface area contributed by atoms with Gasteiger partial charge in [0.1, 0.15) is 18.5 Å². The van der Waals surface area contributed by atoms with Gasteiger partial charge in [-0.1, -0.05) is 11.6 Å². The number of benzene rings is 1. The normalized spacial score (nSPS) is 22.4.